The molecular weight excluding hydrogens is 296 g/mol. The van der Waals surface area contributed by atoms with Crippen LogP contribution in [0.2, 0.25) is 0 Å². The molecule has 0 aliphatic rings. The van der Waals surface area contributed by atoms with Gasteiger partial charge in [0.2, 0.25) is 0 Å². The predicted octanol–water partition coefficient (Wildman–Crippen LogP) is 2.48. The Morgan fingerprint density at radius 1 is 1.05 bits per heavy atom. The van der Waals surface area contributed by atoms with Crippen LogP contribution in [0, 0.1) is 0 Å². The van der Waals surface area contributed by atoms with E-state index >= 15 is 0 Å². The largest absolute Gasteiger partial charge is 0.301 e. The molecule has 0 bridgehead atoms. The Morgan fingerprint density at radius 2 is 1.91 bits per heavy atom. The third-order valence-corrected chi connectivity index (χ3v) is 4.17. The molecule has 0 N–H and O–H groups in total. The summed E-state index contributed by atoms with van der Waals surface area (Å²) in [6, 6.07) is 4.08. The van der Waals surface area contributed by atoms with Gasteiger partial charge in [-0.2, -0.15) is 0 Å². The maximum absolute atomic E-state index is 4.30. The lowest BCUT2D eigenvalue weighted by Gasteiger charge is -2.06. The first-order valence-corrected chi connectivity index (χ1v) is 8.08. The molecule has 0 spiro atoms. The SMILES string of the molecule is CCn1c(SCCc2ccncc2)nnc1-c1cnccn1. The third-order valence-electron chi connectivity index (χ3n) is 3.20. The van der Waals surface area contributed by atoms with Gasteiger partial charge in [0.25, 0.3) is 0 Å². The summed E-state index contributed by atoms with van der Waals surface area (Å²) in [6.45, 7) is 2.88. The van der Waals surface area contributed by atoms with Crippen LogP contribution in [0.15, 0.2) is 48.3 Å². The second kappa shape index (κ2) is 7.13. The van der Waals surface area contributed by atoms with Crippen LogP contribution in [0.5, 0.6) is 0 Å². The van der Waals surface area contributed by atoms with E-state index in [1.165, 1.54) is 5.56 Å². The van der Waals surface area contributed by atoms with Gasteiger partial charge in [-0.15, -0.1) is 10.2 Å². The molecule has 0 aliphatic carbocycles. The molecule has 0 amide bonds. The number of pyridine rings is 1. The molecule has 0 aliphatic heterocycles. The van der Waals surface area contributed by atoms with E-state index in [1.807, 2.05) is 24.5 Å². The van der Waals surface area contributed by atoms with Crippen molar-refractivity contribution in [2.75, 3.05) is 5.75 Å². The van der Waals surface area contributed by atoms with Crippen molar-refractivity contribution >= 4 is 11.8 Å². The Bertz CT molecular complexity index is 713. The van der Waals surface area contributed by atoms with E-state index in [0.29, 0.717) is 0 Å². The number of hydrogen-bond donors (Lipinski definition) is 0. The van der Waals surface area contributed by atoms with Crippen LogP contribution in [-0.4, -0.2) is 35.5 Å². The Labute approximate surface area is 133 Å². The van der Waals surface area contributed by atoms with E-state index in [4.69, 9.17) is 0 Å². The van der Waals surface area contributed by atoms with Crippen LogP contribution in [0.1, 0.15) is 12.5 Å². The molecule has 22 heavy (non-hydrogen) atoms. The van der Waals surface area contributed by atoms with Crippen LogP contribution in [-0.2, 0) is 13.0 Å². The number of aryl methyl sites for hydroxylation is 1. The fourth-order valence-corrected chi connectivity index (χ4v) is 3.08. The first-order valence-electron chi connectivity index (χ1n) is 7.09. The number of aromatic nitrogens is 6. The molecule has 0 radical (unpaired) electrons. The van der Waals surface area contributed by atoms with E-state index in [1.54, 1.807) is 30.4 Å². The second-order valence-corrected chi connectivity index (χ2v) is 5.66. The number of rotatable bonds is 6. The molecule has 3 heterocycles. The van der Waals surface area contributed by atoms with Gasteiger partial charge in [0.05, 0.1) is 6.20 Å². The van der Waals surface area contributed by atoms with Crippen LogP contribution in [0.3, 0.4) is 0 Å². The van der Waals surface area contributed by atoms with E-state index in [0.717, 1.165) is 35.4 Å². The highest BCUT2D eigenvalue weighted by Crippen LogP contribution is 2.22. The fourth-order valence-electron chi connectivity index (χ4n) is 2.09. The van der Waals surface area contributed by atoms with Crippen LogP contribution < -0.4 is 0 Å². The Balaban J connectivity index is 1.71. The standard InChI is InChI=1S/C15H16N6S/c1-2-21-14(13-11-17-8-9-18-13)19-20-15(21)22-10-5-12-3-6-16-7-4-12/h3-4,6-9,11H,2,5,10H2,1H3. The lowest BCUT2D eigenvalue weighted by Crippen LogP contribution is -2.01. The van der Waals surface area contributed by atoms with Crippen LogP contribution in [0.25, 0.3) is 11.5 Å². The molecule has 0 aromatic carbocycles. The van der Waals surface area contributed by atoms with E-state index in [-0.39, 0.29) is 0 Å². The topological polar surface area (TPSA) is 69.4 Å². The van der Waals surface area contributed by atoms with Crippen molar-refractivity contribution in [3.8, 4) is 11.5 Å². The maximum Gasteiger partial charge on any atom is 0.191 e. The van der Waals surface area contributed by atoms with Gasteiger partial charge in [0.15, 0.2) is 11.0 Å². The fraction of sp³-hybridized carbons (Fsp3) is 0.267. The summed E-state index contributed by atoms with van der Waals surface area (Å²) in [5.74, 6) is 1.71. The van der Waals surface area contributed by atoms with Crippen molar-refractivity contribution in [1.29, 1.82) is 0 Å². The van der Waals surface area contributed by atoms with Crippen molar-refractivity contribution < 1.29 is 0 Å². The first kappa shape index (κ1) is 14.6. The molecule has 3 aromatic rings. The van der Waals surface area contributed by atoms with E-state index in [9.17, 15) is 0 Å². The van der Waals surface area contributed by atoms with E-state index in [2.05, 4.69) is 36.6 Å². The predicted molar refractivity (Wildman–Crippen MR) is 85.4 cm³/mol. The molecule has 6 nitrogen and oxygen atoms in total. The molecule has 0 unspecified atom stereocenters. The zero-order valence-corrected chi connectivity index (χ0v) is 13.1. The molecule has 0 saturated heterocycles. The Kier molecular flexibility index (Phi) is 4.75. The van der Waals surface area contributed by atoms with Crippen molar-refractivity contribution in [1.82, 2.24) is 29.7 Å². The summed E-state index contributed by atoms with van der Waals surface area (Å²) in [7, 11) is 0. The molecule has 0 fully saturated rings. The van der Waals surface area contributed by atoms with Gasteiger partial charge in [-0.05, 0) is 31.0 Å². The highest BCUT2D eigenvalue weighted by atomic mass is 32.2. The van der Waals surface area contributed by atoms with Crippen molar-refractivity contribution in [3.63, 3.8) is 0 Å². The summed E-state index contributed by atoms with van der Waals surface area (Å²) < 4.78 is 2.07. The van der Waals surface area contributed by atoms with Gasteiger partial charge in [-0.1, -0.05) is 11.8 Å². The highest BCUT2D eigenvalue weighted by molar-refractivity contribution is 7.99. The minimum Gasteiger partial charge on any atom is -0.301 e. The Morgan fingerprint density at radius 3 is 2.64 bits per heavy atom. The quantitative estimate of drug-likeness (QED) is 0.651. The lowest BCUT2D eigenvalue weighted by molar-refractivity contribution is 0.685. The summed E-state index contributed by atoms with van der Waals surface area (Å²) in [5.41, 5.74) is 2.03. The monoisotopic (exact) mass is 312 g/mol. The second-order valence-electron chi connectivity index (χ2n) is 4.60. The maximum atomic E-state index is 4.30. The molecule has 112 valence electrons. The van der Waals surface area contributed by atoms with Crippen LogP contribution >= 0.6 is 11.8 Å². The zero-order valence-electron chi connectivity index (χ0n) is 12.3. The van der Waals surface area contributed by atoms with Gasteiger partial charge in [-0.25, -0.2) is 4.98 Å². The lowest BCUT2D eigenvalue weighted by atomic mass is 10.2. The normalized spacial score (nSPS) is 10.8. The summed E-state index contributed by atoms with van der Waals surface area (Å²) >= 11 is 1.70. The van der Waals surface area contributed by atoms with Crippen LogP contribution in [0.4, 0.5) is 0 Å². The summed E-state index contributed by atoms with van der Waals surface area (Å²) in [5, 5.41) is 9.47. The average Bonchev–Trinajstić information content (AvgIpc) is 2.99. The number of thioether (sulfide) groups is 1. The average molecular weight is 312 g/mol. The van der Waals surface area contributed by atoms with Gasteiger partial charge in [-0.3, -0.25) is 9.97 Å². The summed E-state index contributed by atoms with van der Waals surface area (Å²) in [4.78, 5) is 12.4. The minimum atomic E-state index is 0.748. The number of nitrogens with zero attached hydrogens (tertiary/aromatic N) is 6. The molecule has 0 saturated carbocycles. The van der Waals surface area contributed by atoms with Crippen molar-refractivity contribution in [2.24, 2.45) is 0 Å². The number of hydrogen-bond acceptors (Lipinski definition) is 6. The first-order chi connectivity index (χ1) is 10.9. The van der Waals surface area contributed by atoms with Gasteiger partial charge in [0.1, 0.15) is 5.69 Å². The molecule has 3 rings (SSSR count). The zero-order chi connectivity index (χ0) is 15.2. The van der Waals surface area contributed by atoms with Gasteiger partial charge < -0.3 is 4.57 Å². The van der Waals surface area contributed by atoms with Crippen molar-refractivity contribution in [2.45, 2.75) is 25.0 Å². The van der Waals surface area contributed by atoms with Gasteiger partial charge >= 0.3 is 0 Å². The smallest absolute Gasteiger partial charge is 0.191 e. The van der Waals surface area contributed by atoms with E-state index < -0.39 is 0 Å². The highest BCUT2D eigenvalue weighted by Gasteiger charge is 2.13. The van der Waals surface area contributed by atoms with Crippen molar-refractivity contribution in [3.05, 3.63) is 48.7 Å². The third kappa shape index (κ3) is 3.30. The summed E-state index contributed by atoms with van der Waals surface area (Å²) in [6.07, 6.45) is 9.65. The molecule has 7 heteroatoms. The molecule has 3 aromatic heterocycles. The molecule has 0 atom stereocenters. The Hall–Kier alpha value is -2.28. The van der Waals surface area contributed by atoms with Gasteiger partial charge in [0, 0.05) is 37.1 Å². The minimum absolute atomic E-state index is 0.748. The molecular formula is C15H16N6S.